The van der Waals surface area contributed by atoms with Crippen LogP contribution in [0.5, 0.6) is 0 Å². The van der Waals surface area contributed by atoms with Gasteiger partial charge in [0.2, 0.25) is 0 Å². The molecule has 106 valence electrons. The fourth-order valence-electron chi connectivity index (χ4n) is 2.33. The minimum Gasteiger partial charge on any atom is -0.322 e. The van der Waals surface area contributed by atoms with E-state index in [4.69, 9.17) is 10.7 Å². The van der Waals surface area contributed by atoms with Gasteiger partial charge >= 0.3 is 0 Å². The molecule has 2 nitrogen and oxygen atoms in total. The van der Waals surface area contributed by atoms with Gasteiger partial charge in [-0.15, -0.1) is 11.3 Å². The van der Waals surface area contributed by atoms with E-state index >= 15 is 0 Å². The van der Waals surface area contributed by atoms with Gasteiger partial charge in [-0.25, -0.2) is 4.98 Å². The fraction of sp³-hybridized carbons (Fsp3) is 0.167. The number of hydrogen-bond donors (Lipinski definition) is 1. The van der Waals surface area contributed by atoms with Crippen molar-refractivity contribution >= 4 is 11.3 Å². The average molecular weight is 294 g/mol. The Morgan fingerprint density at radius 1 is 0.905 bits per heavy atom. The highest BCUT2D eigenvalue weighted by Gasteiger charge is 2.12. The molecule has 1 atom stereocenters. The second-order valence-corrected chi connectivity index (χ2v) is 6.03. The van der Waals surface area contributed by atoms with E-state index in [1.165, 1.54) is 11.1 Å². The molecule has 3 aromatic rings. The van der Waals surface area contributed by atoms with Crippen LogP contribution in [0.3, 0.4) is 0 Å². The van der Waals surface area contributed by atoms with Gasteiger partial charge in [0.15, 0.2) is 0 Å². The van der Waals surface area contributed by atoms with Crippen molar-refractivity contribution in [3.63, 3.8) is 0 Å². The predicted octanol–water partition coefficient (Wildman–Crippen LogP) is 3.98. The van der Waals surface area contributed by atoms with Crippen molar-refractivity contribution in [2.45, 2.75) is 18.9 Å². The molecule has 1 unspecified atom stereocenters. The summed E-state index contributed by atoms with van der Waals surface area (Å²) in [6, 6.07) is 20.7. The summed E-state index contributed by atoms with van der Waals surface area (Å²) in [7, 11) is 0. The van der Waals surface area contributed by atoms with E-state index in [-0.39, 0.29) is 6.04 Å². The highest BCUT2D eigenvalue weighted by Crippen LogP contribution is 2.21. The molecule has 21 heavy (non-hydrogen) atoms. The molecule has 3 heteroatoms. The van der Waals surface area contributed by atoms with Crippen LogP contribution in [-0.4, -0.2) is 4.98 Å². The van der Waals surface area contributed by atoms with E-state index in [1.54, 1.807) is 11.3 Å². The van der Waals surface area contributed by atoms with Crippen LogP contribution in [0.4, 0.5) is 0 Å². The van der Waals surface area contributed by atoms with Crippen molar-refractivity contribution in [1.29, 1.82) is 0 Å². The molecular weight excluding hydrogens is 276 g/mol. The maximum atomic E-state index is 6.28. The summed E-state index contributed by atoms with van der Waals surface area (Å²) in [6.07, 6.45) is 1.70. The van der Waals surface area contributed by atoms with Gasteiger partial charge in [0.1, 0.15) is 5.01 Å². The first-order valence-electron chi connectivity index (χ1n) is 7.09. The van der Waals surface area contributed by atoms with Gasteiger partial charge in [-0.2, -0.15) is 0 Å². The smallest absolute Gasteiger partial charge is 0.110 e. The Kier molecular flexibility index (Phi) is 4.43. The van der Waals surface area contributed by atoms with E-state index in [1.807, 2.05) is 24.3 Å². The first-order chi connectivity index (χ1) is 10.3. The molecule has 2 N–H and O–H groups in total. The zero-order valence-corrected chi connectivity index (χ0v) is 12.6. The summed E-state index contributed by atoms with van der Waals surface area (Å²) < 4.78 is 0. The summed E-state index contributed by atoms with van der Waals surface area (Å²) in [5, 5.41) is 3.14. The number of benzene rings is 2. The van der Waals surface area contributed by atoms with Crippen LogP contribution in [0, 0.1) is 0 Å². The number of rotatable bonds is 5. The molecule has 0 amide bonds. The largest absolute Gasteiger partial charge is 0.322 e. The molecule has 0 saturated heterocycles. The lowest BCUT2D eigenvalue weighted by Crippen LogP contribution is -2.13. The topological polar surface area (TPSA) is 38.9 Å². The SMILES string of the molecule is NC(Cc1ccccc1)c1nc(Cc2ccccc2)cs1. The molecule has 1 heterocycles. The molecule has 2 aromatic carbocycles. The second kappa shape index (κ2) is 6.66. The van der Waals surface area contributed by atoms with Crippen molar-refractivity contribution < 1.29 is 0 Å². The highest BCUT2D eigenvalue weighted by molar-refractivity contribution is 7.09. The van der Waals surface area contributed by atoms with Crippen LogP contribution >= 0.6 is 11.3 Å². The molecule has 0 saturated carbocycles. The first-order valence-corrected chi connectivity index (χ1v) is 7.97. The summed E-state index contributed by atoms with van der Waals surface area (Å²) in [4.78, 5) is 4.70. The van der Waals surface area contributed by atoms with Gasteiger partial charge in [-0.1, -0.05) is 60.7 Å². The maximum Gasteiger partial charge on any atom is 0.110 e. The normalized spacial score (nSPS) is 12.2. The Morgan fingerprint density at radius 2 is 1.52 bits per heavy atom. The Labute approximate surface area is 129 Å². The number of aromatic nitrogens is 1. The molecule has 3 rings (SSSR count). The third-order valence-electron chi connectivity index (χ3n) is 3.41. The third kappa shape index (κ3) is 3.78. The standard InChI is InChI=1S/C18H18N2S/c19-17(12-15-9-5-2-6-10-15)18-20-16(13-21-18)11-14-7-3-1-4-8-14/h1-10,13,17H,11-12,19H2. The Balaban J connectivity index is 1.67. The molecule has 0 aliphatic carbocycles. The van der Waals surface area contributed by atoms with Gasteiger partial charge < -0.3 is 5.73 Å². The van der Waals surface area contributed by atoms with E-state index in [9.17, 15) is 0 Å². The van der Waals surface area contributed by atoms with Crippen molar-refractivity contribution in [3.05, 3.63) is 87.9 Å². The van der Waals surface area contributed by atoms with Crippen molar-refractivity contribution in [2.75, 3.05) is 0 Å². The fourth-order valence-corrected chi connectivity index (χ4v) is 3.16. The second-order valence-electron chi connectivity index (χ2n) is 5.14. The minimum absolute atomic E-state index is 0.0260. The van der Waals surface area contributed by atoms with Crippen LogP contribution in [0.1, 0.15) is 27.9 Å². The lowest BCUT2D eigenvalue weighted by molar-refractivity contribution is 0.711. The van der Waals surface area contributed by atoms with Gasteiger partial charge in [0.05, 0.1) is 11.7 Å². The molecule has 0 aliphatic rings. The first kappa shape index (κ1) is 14.0. The lowest BCUT2D eigenvalue weighted by Gasteiger charge is -2.08. The Bertz CT molecular complexity index is 677. The number of hydrogen-bond acceptors (Lipinski definition) is 3. The average Bonchev–Trinajstić information content (AvgIpc) is 2.98. The van der Waals surface area contributed by atoms with E-state index in [2.05, 4.69) is 41.8 Å². The third-order valence-corrected chi connectivity index (χ3v) is 4.44. The summed E-state index contributed by atoms with van der Waals surface area (Å²) >= 11 is 1.66. The van der Waals surface area contributed by atoms with Crippen molar-refractivity contribution in [1.82, 2.24) is 4.98 Å². The van der Waals surface area contributed by atoms with E-state index in [0.717, 1.165) is 23.5 Å². The predicted molar refractivity (Wildman–Crippen MR) is 88.4 cm³/mol. The van der Waals surface area contributed by atoms with Crippen LogP contribution in [-0.2, 0) is 12.8 Å². The number of nitrogens with two attached hydrogens (primary N) is 1. The molecular formula is C18H18N2S. The summed E-state index contributed by atoms with van der Waals surface area (Å²) in [5.41, 5.74) is 9.92. The molecule has 0 bridgehead atoms. The zero-order chi connectivity index (χ0) is 14.5. The van der Waals surface area contributed by atoms with E-state index < -0.39 is 0 Å². The molecule has 1 aromatic heterocycles. The monoisotopic (exact) mass is 294 g/mol. The van der Waals surface area contributed by atoms with Gasteiger partial charge in [-0.3, -0.25) is 0 Å². The zero-order valence-electron chi connectivity index (χ0n) is 11.8. The quantitative estimate of drug-likeness (QED) is 0.773. The van der Waals surface area contributed by atoms with E-state index in [0.29, 0.717) is 0 Å². The van der Waals surface area contributed by atoms with Crippen LogP contribution in [0.15, 0.2) is 66.0 Å². The summed E-state index contributed by atoms with van der Waals surface area (Å²) in [5.74, 6) is 0. The van der Waals surface area contributed by atoms with Crippen molar-refractivity contribution in [3.8, 4) is 0 Å². The molecule has 0 aliphatic heterocycles. The van der Waals surface area contributed by atoms with Gasteiger partial charge in [0.25, 0.3) is 0 Å². The number of thiazole rings is 1. The maximum absolute atomic E-state index is 6.28. The van der Waals surface area contributed by atoms with Crippen LogP contribution < -0.4 is 5.73 Å². The molecule has 0 spiro atoms. The number of nitrogens with zero attached hydrogens (tertiary/aromatic N) is 1. The Morgan fingerprint density at radius 3 is 2.19 bits per heavy atom. The molecule has 0 fully saturated rings. The highest BCUT2D eigenvalue weighted by atomic mass is 32.1. The van der Waals surface area contributed by atoms with Crippen LogP contribution in [0.25, 0.3) is 0 Å². The van der Waals surface area contributed by atoms with Crippen LogP contribution in [0.2, 0.25) is 0 Å². The van der Waals surface area contributed by atoms with Crippen molar-refractivity contribution in [2.24, 2.45) is 5.73 Å². The van der Waals surface area contributed by atoms with Gasteiger partial charge in [-0.05, 0) is 17.5 Å². The lowest BCUT2D eigenvalue weighted by atomic mass is 10.1. The summed E-state index contributed by atoms with van der Waals surface area (Å²) in [6.45, 7) is 0. The minimum atomic E-state index is -0.0260. The Hall–Kier alpha value is -1.97. The van der Waals surface area contributed by atoms with Gasteiger partial charge in [0, 0.05) is 11.8 Å². The molecule has 0 radical (unpaired) electrons.